The number of nitrogens with zero attached hydrogens (tertiary/aromatic N) is 3. The lowest BCUT2D eigenvalue weighted by atomic mass is 9.91. The normalized spacial score (nSPS) is 22.3. The third-order valence-electron chi connectivity index (χ3n) is 6.27. The topological polar surface area (TPSA) is 64.4 Å². The summed E-state index contributed by atoms with van der Waals surface area (Å²) in [5.74, 6) is 0.225. The van der Waals surface area contributed by atoms with Crippen molar-refractivity contribution in [3.05, 3.63) is 56.8 Å². The molecule has 2 aliphatic rings. The molecule has 0 N–H and O–H groups in total. The number of carbonyl (C=O) groups is 2. The summed E-state index contributed by atoms with van der Waals surface area (Å²) in [6.07, 6.45) is 0.274. The van der Waals surface area contributed by atoms with Crippen LogP contribution < -0.4 is 4.90 Å². The molecule has 7 heteroatoms. The van der Waals surface area contributed by atoms with Crippen LogP contribution in [-0.2, 0) is 14.9 Å². The van der Waals surface area contributed by atoms with Crippen LogP contribution in [0.2, 0.25) is 0 Å². The molecule has 6 nitrogen and oxygen atoms in total. The lowest BCUT2D eigenvalue weighted by Gasteiger charge is -2.19. The highest BCUT2D eigenvalue weighted by Gasteiger charge is 2.66. The van der Waals surface area contributed by atoms with Crippen molar-refractivity contribution in [3.8, 4) is 0 Å². The highest BCUT2D eigenvalue weighted by Crippen LogP contribution is 2.66. The van der Waals surface area contributed by atoms with E-state index in [0.717, 1.165) is 37.9 Å². The van der Waals surface area contributed by atoms with Gasteiger partial charge >= 0.3 is 6.09 Å². The second-order valence-electron chi connectivity index (χ2n) is 9.57. The van der Waals surface area contributed by atoms with E-state index in [0.29, 0.717) is 5.52 Å². The van der Waals surface area contributed by atoms with Crippen molar-refractivity contribution in [2.75, 3.05) is 11.9 Å². The molecule has 0 radical (unpaired) electrons. The first-order chi connectivity index (χ1) is 14.5. The van der Waals surface area contributed by atoms with Gasteiger partial charge in [0.05, 0.1) is 10.9 Å². The number of benzene rings is 2. The van der Waals surface area contributed by atoms with Crippen molar-refractivity contribution < 1.29 is 14.3 Å². The number of rotatable bonds is 1. The Hall–Kier alpha value is -2.42. The van der Waals surface area contributed by atoms with Gasteiger partial charge in [0.15, 0.2) is 0 Å². The quantitative estimate of drug-likeness (QED) is 0.410. The lowest BCUT2D eigenvalue weighted by molar-refractivity contribution is -0.120. The molecule has 3 aromatic rings. The fraction of sp³-hybridized carbons (Fsp3) is 0.375. The van der Waals surface area contributed by atoms with E-state index in [1.165, 1.54) is 4.68 Å². The average molecular weight is 529 g/mol. The van der Waals surface area contributed by atoms with Crippen molar-refractivity contribution >= 4 is 51.2 Å². The zero-order chi connectivity index (χ0) is 22.3. The summed E-state index contributed by atoms with van der Waals surface area (Å²) in [6, 6.07) is 12.3. The number of hydrogen-bond acceptors (Lipinski definition) is 4. The van der Waals surface area contributed by atoms with Gasteiger partial charge in [0.2, 0.25) is 5.91 Å². The molecule has 31 heavy (non-hydrogen) atoms. The Kier molecular flexibility index (Phi) is 4.32. The third-order valence-corrected chi connectivity index (χ3v) is 7.07. The van der Waals surface area contributed by atoms with E-state index >= 15 is 0 Å². The van der Waals surface area contributed by atoms with E-state index in [-0.39, 0.29) is 11.8 Å². The van der Waals surface area contributed by atoms with Crippen molar-refractivity contribution in [1.29, 1.82) is 0 Å². The maximum absolute atomic E-state index is 13.3. The fourth-order valence-electron chi connectivity index (χ4n) is 4.78. The second kappa shape index (κ2) is 6.54. The Morgan fingerprint density at radius 3 is 2.68 bits per heavy atom. The van der Waals surface area contributed by atoms with Crippen molar-refractivity contribution in [1.82, 2.24) is 9.78 Å². The zero-order valence-corrected chi connectivity index (χ0v) is 20.4. The molecule has 0 bridgehead atoms. The Balaban J connectivity index is 1.58. The Bertz CT molecular complexity index is 1270. The second-order valence-corrected chi connectivity index (χ2v) is 10.6. The van der Waals surface area contributed by atoms with Gasteiger partial charge in [-0.05, 0) is 86.0 Å². The van der Waals surface area contributed by atoms with Crippen molar-refractivity contribution in [3.63, 3.8) is 0 Å². The Morgan fingerprint density at radius 1 is 1.23 bits per heavy atom. The molecule has 1 amide bonds. The van der Waals surface area contributed by atoms with Gasteiger partial charge in [-0.25, -0.2) is 4.79 Å². The molecule has 0 unspecified atom stereocenters. The Labute approximate surface area is 194 Å². The van der Waals surface area contributed by atoms with Crippen LogP contribution in [0.4, 0.5) is 10.5 Å². The zero-order valence-electron chi connectivity index (χ0n) is 18.2. The smallest absolute Gasteiger partial charge is 0.435 e. The third kappa shape index (κ3) is 3.00. The molecule has 1 aliphatic carbocycles. The predicted molar refractivity (Wildman–Crippen MR) is 128 cm³/mol. The number of likely N-dealkylation sites (N-methyl/N-ethyl adjacent to an activating group) is 1. The van der Waals surface area contributed by atoms with Crippen LogP contribution in [0.1, 0.15) is 49.8 Å². The number of fused-ring (bicyclic) bond motifs is 3. The van der Waals surface area contributed by atoms with Crippen molar-refractivity contribution in [2.24, 2.45) is 0 Å². The molecule has 1 aliphatic heterocycles. The fourth-order valence-corrected chi connectivity index (χ4v) is 5.45. The molecule has 5 rings (SSSR count). The first kappa shape index (κ1) is 20.5. The van der Waals surface area contributed by atoms with Gasteiger partial charge in [0, 0.05) is 24.0 Å². The van der Waals surface area contributed by atoms with E-state index in [9.17, 15) is 9.59 Å². The van der Waals surface area contributed by atoms with Crippen LogP contribution in [0.3, 0.4) is 0 Å². The summed E-state index contributed by atoms with van der Waals surface area (Å²) in [5, 5.41) is 5.31. The SMILES string of the molecule is Cc1ccc2c(c1)[C@]1(C[C@H]1c1ccc3c(I)nn(C(=O)OC(C)(C)C)c3c1)C(=O)N2C. The van der Waals surface area contributed by atoms with E-state index in [1.807, 2.05) is 52.1 Å². The van der Waals surface area contributed by atoms with Crippen molar-refractivity contribution in [2.45, 2.75) is 51.0 Å². The van der Waals surface area contributed by atoms with Gasteiger partial charge in [-0.15, -0.1) is 0 Å². The molecule has 1 spiro atoms. The monoisotopic (exact) mass is 529 g/mol. The van der Waals surface area contributed by atoms with Crippen LogP contribution in [-0.4, -0.2) is 34.4 Å². The number of aryl methyl sites for hydroxylation is 1. The number of halogens is 1. The summed E-state index contributed by atoms with van der Waals surface area (Å²) < 4.78 is 7.62. The standard InChI is InChI=1S/C24H24IN3O3/c1-13-6-9-18-16(10-13)24(21(29)27(18)5)12-17(24)14-7-8-15-19(11-14)28(26-20(15)25)22(30)31-23(2,3)4/h6-11,17H,12H2,1-5H3/t17-,24-/m0/s1. The Morgan fingerprint density at radius 2 is 1.97 bits per heavy atom. The maximum Gasteiger partial charge on any atom is 0.435 e. The first-order valence-electron chi connectivity index (χ1n) is 10.3. The molecule has 1 saturated carbocycles. The average Bonchev–Trinajstić information content (AvgIpc) is 3.32. The minimum absolute atomic E-state index is 0.0783. The van der Waals surface area contributed by atoms with Gasteiger partial charge in [-0.1, -0.05) is 23.8 Å². The van der Waals surface area contributed by atoms with E-state index < -0.39 is 17.1 Å². The summed E-state index contributed by atoms with van der Waals surface area (Å²) in [7, 11) is 1.85. The van der Waals surface area contributed by atoms with Gasteiger partial charge < -0.3 is 9.64 Å². The number of aromatic nitrogens is 2. The van der Waals surface area contributed by atoms with Gasteiger partial charge in [0.1, 0.15) is 9.30 Å². The minimum atomic E-state index is -0.610. The number of hydrogen-bond donors (Lipinski definition) is 0. The number of carbonyl (C=O) groups excluding carboxylic acids is 2. The largest absolute Gasteiger partial charge is 0.442 e. The lowest BCUT2D eigenvalue weighted by Crippen LogP contribution is -2.29. The van der Waals surface area contributed by atoms with E-state index in [1.54, 1.807) is 4.90 Å². The molecule has 1 fully saturated rings. The molecule has 2 heterocycles. The van der Waals surface area contributed by atoms with Gasteiger partial charge in [-0.2, -0.15) is 9.78 Å². The summed E-state index contributed by atoms with van der Waals surface area (Å²) in [5.41, 5.74) is 3.90. The van der Waals surface area contributed by atoms with Crippen LogP contribution >= 0.6 is 22.6 Å². The number of ether oxygens (including phenoxy) is 1. The molecule has 1 aromatic heterocycles. The highest BCUT2D eigenvalue weighted by atomic mass is 127. The number of amides is 1. The van der Waals surface area contributed by atoms with Gasteiger partial charge in [-0.3, -0.25) is 4.79 Å². The summed E-state index contributed by atoms with van der Waals surface area (Å²) in [4.78, 5) is 27.8. The van der Waals surface area contributed by atoms with E-state index in [4.69, 9.17) is 4.74 Å². The molecule has 0 saturated heterocycles. The molecule has 2 aromatic carbocycles. The maximum atomic E-state index is 13.3. The number of anilines is 1. The van der Waals surface area contributed by atoms with Crippen LogP contribution in [0.25, 0.3) is 10.9 Å². The predicted octanol–water partition coefficient (Wildman–Crippen LogP) is 5.13. The van der Waals surface area contributed by atoms with Gasteiger partial charge in [0.25, 0.3) is 0 Å². The molecule has 160 valence electrons. The molecular weight excluding hydrogens is 505 g/mol. The van der Waals surface area contributed by atoms with Crippen LogP contribution in [0.5, 0.6) is 0 Å². The highest BCUT2D eigenvalue weighted by molar-refractivity contribution is 14.1. The van der Waals surface area contributed by atoms with E-state index in [2.05, 4.69) is 46.7 Å². The molecule has 2 atom stereocenters. The van der Waals surface area contributed by atoms with Crippen LogP contribution in [0, 0.1) is 10.6 Å². The minimum Gasteiger partial charge on any atom is -0.442 e. The van der Waals surface area contributed by atoms with Crippen LogP contribution in [0.15, 0.2) is 36.4 Å². The summed E-state index contributed by atoms with van der Waals surface area (Å²) >= 11 is 2.14. The summed E-state index contributed by atoms with van der Waals surface area (Å²) in [6.45, 7) is 7.56. The first-order valence-corrected chi connectivity index (χ1v) is 11.4. The molecular formula is C24H24IN3O3.